The Bertz CT molecular complexity index is 441. The number of hydrogen-bond acceptors (Lipinski definition) is 3. The van der Waals surface area contributed by atoms with Crippen LogP contribution in [-0.2, 0) is 13.6 Å². The normalized spacial score (nSPS) is 12.1. The first-order valence-electron chi connectivity index (χ1n) is 8.33. The maximum Gasteiger partial charge on any atom is 0.354 e. The molecule has 0 bridgehead atoms. The molecule has 0 amide bonds. The first-order chi connectivity index (χ1) is 10.7. The highest BCUT2D eigenvalue weighted by molar-refractivity contribution is 7.57. The van der Waals surface area contributed by atoms with Crippen LogP contribution in [0.4, 0.5) is 0 Å². The third-order valence-corrected chi connectivity index (χ3v) is 4.89. The summed E-state index contributed by atoms with van der Waals surface area (Å²) < 4.78 is 23.9. The Morgan fingerprint density at radius 3 is 1.95 bits per heavy atom. The lowest BCUT2D eigenvalue weighted by Gasteiger charge is -2.15. The molecule has 1 aromatic carbocycles. The minimum atomic E-state index is -3.15. The van der Waals surface area contributed by atoms with Gasteiger partial charge in [-0.05, 0) is 24.5 Å². The van der Waals surface area contributed by atoms with Crippen LogP contribution in [0.2, 0.25) is 0 Å². The van der Waals surface area contributed by atoms with Crippen LogP contribution < -0.4 is 0 Å². The van der Waals surface area contributed by atoms with Crippen LogP contribution in [0.5, 0.6) is 0 Å². The van der Waals surface area contributed by atoms with E-state index in [1.54, 1.807) is 5.82 Å². The van der Waals surface area contributed by atoms with E-state index in [0.29, 0.717) is 13.2 Å². The fraction of sp³-hybridized carbons (Fsp3) is 0.556. The van der Waals surface area contributed by atoms with Crippen LogP contribution >= 0.6 is 7.60 Å². The Morgan fingerprint density at radius 1 is 0.909 bits per heavy atom. The Morgan fingerprint density at radius 2 is 1.45 bits per heavy atom. The largest absolute Gasteiger partial charge is 0.354 e. The van der Waals surface area contributed by atoms with E-state index in [1.165, 1.54) is 0 Å². The zero-order valence-electron chi connectivity index (χ0n) is 13.9. The van der Waals surface area contributed by atoms with Crippen LogP contribution in [0.3, 0.4) is 0 Å². The summed E-state index contributed by atoms with van der Waals surface area (Å²) in [6, 6.07) is 9.80. The average Bonchev–Trinajstić information content (AvgIpc) is 2.55. The van der Waals surface area contributed by atoms with Gasteiger partial charge in [-0.1, -0.05) is 69.9 Å². The molecule has 22 heavy (non-hydrogen) atoms. The number of unbranched alkanes of at least 4 members (excludes halogenated alkanes) is 4. The fourth-order valence-electron chi connectivity index (χ4n) is 1.95. The van der Waals surface area contributed by atoms with Crippen molar-refractivity contribution < 1.29 is 13.6 Å². The standard InChI is InChI=1S/C18H29O3P/c1-3-5-10-15-20-22(19,21-16-11-6-4-2)17-14-18-12-8-7-9-13-18/h7-9,12-14,17H,3-6,10-11,15-16H2,1-2H3. The van der Waals surface area contributed by atoms with E-state index in [-0.39, 0.29) is 0 Å². The summed E-state index contributed by atoms with van der Waals surface area (Å²) in [5.41, 5.74) is 0.997. The lowest BCUT2D eigenvalue weighted by molar-refractivity contribution is 0.206. The molecular weight excluding hydrogens is 295 g/mol. The SMILES string of the molecule is CCCCCOP(=O)(C=Cc1ccccc1)OCCCCC. The van der Waals surface area contributed by atoms with Gasteiger partial charge in [0, 0.05) is 5.82 Å². The summed E-state index contributed by atoms with van der Waals surface area (Å²) in [6.07, 6.45) is 8.04. The molecule has 0 aliphatic carbocycles. The molecule has 0 unspecified atom stereocenters. The summed E-state index contributed by atoms with van der Waals surface area (Å²) in [7, 11) is -3.15. The molecule has 0 aromatic heterocycles. The van der Waals surface area contributed by atoms with Gasteiger partial charge in [0.1, 0.15) is 0 Å². The smallest absolute Gasteiger partial charge is 0.306 e. The molecule has 0 saturated carbocycles. The fourth-order valence-corrected chi connectivity index (χ4v) is 3.32. The lowest BCUT2D eigenvalue weighted by atomic mass is 10.2. The molecule has 4 heteroatoms. The van der Waals surface area contributed by atoms with E-state index < -0.39 is 7.60 Å². The molecule has 0 aliphatic rings. The van der Waals surface area contributed by atoms with Crippen LogP contribution in [0.15, 0.2) is 36.1 Å². The van der Waals surface area contributed by atoms with Gasteiger partial charge in [0.15, 0.2) is 0 Å². The van der Waals surface area contributed by atoms with Crippen LogP contribution in [0.1, 0.15) is 57.9 Å². The molecule has 3 nitrogen and oxygen atoms in total. The molecule has 0 saturated heterocycles. The van der Waals surface area contributed by atoms with E-state index in [2.05, 4.69) is 13.8 Å². The average molecular weight is 324 g/mol. The predicted molar refractivity (Wildman–Crippen MR) is 94.0 cm³/mol. The van der Waals surface area contributed by atoms with Gasteiger partial charge in [-0.15, -0.1) is 0 Å². The Labute approximate surface area is 135 Å². The number of rotatable bonds is 12. The van der Waals surface area contributed by atoms with Crippen LogP contribution in [0.25, 0.3) is 6.08 Å². The van der Waals surface area contributed by atoms with Crippen molar-refractivity contribution in [2.45, 2.75) is 52.4 Å². The monoisotopic (exact) mass is 324 g/mol. The van der Waals surface area contributed by atoms with Gasteiger partial charge in [0.25, 0.3) is 0 Å². The van der Waals surface area contributed by atoms with E-state index in [0.717, 1.165) is 44.1 Å². The molecule has 1 rings (SSSR count). The summed E-state index contributed by atoms with van der Waals surface area (Å²) in [5.74, 6) is 1.60. The first-order valence-corrected chi connectivity index (χ1v) is 9.94. The third kappa shape index (κ3) is 8.53. The first kappa shape index (κ1) is 19.2. The predicted octanol–water partition coefficient (Wildman–Crippen LogP) is 6.26. The van der Waals surface area contributed by atoms with Gasteiger partial charge in [-0.2, -0.15) is 0 Å². The second kappa shape index (κ2) is 11.6. The van der Waals surface area contributed by atoms with E-state index >= 15 is 0 Å². The molecule has 0 heterocycles. The Hall–Kier alpha value is -0.890. The van der Waals surface area contributed by atoms with Crippen LogP contribution in [-0.4, -0.2) is 13.2 Å². The van der Waals surface area contributed by atoms with Crippen molar-refractivity contribution in [3.05, 3.63) is 41.7 Å². The van der Waals surface area contributed by atoms with E-state index in [9.17, 15) is 4.57 Å². The van der Waals surface area contributed by atoms with Gasteiger partial charge < -0.3 is 9.05 Å². The highest BCUT2D eigenvalue weighted by Crippen LogP contribution is 2.50. The second-order valence-corrected chi connectivity index (χ2v) is 7.24. The molecule has 0 aliphatic heterocycles. The van der Waals surface area contributed by atoms with Crippen LogP contribution in [0, 0.1) is 0 Å². The van der Waals surface area contributed by atoms with Crippen molar-refractivity contribution in [2.75, 3.05) is 13.2 Å². The van der Waals surface area contributed by atoms with Crippen molar-refractivity contribution in [2.24, 2.45) is 0 Å². The van der Waals surface area contributed by atoms with Crippen molar-refractivity contribution in [3.63, 3.8) is 0 Å². The maximum atomic E-state index is 12.8. The highest BCUT2D eigenvalue weighted by Gasteiger charge is 2.20. The van der Waals surface area contributed by atoms with Gasteiger partial charge >= 0.3 is 7.60 Å². The van der Waals surface area contributed by atoms with Gasteiger partial charge in [-0.25, -0.2) is 0 Å². The quantitative estimate of drug-likeness (QED) is 0.336. The zero-order valence-corrected chi connectivity index (χ0v) is 14.8. The summed E-state index contributed by atoms with van der Waals surface area (Å²) in [5, 5.41) is 0. The third-order valence-electron chi connectivity index (χ3n) is 3.29. The van der Waals surface area contributed by atoms with Gasteiger partial charge in [0.05, 0.1) is 13.2 Å². The maximum absolute atomic E-state index is 12.8. The summed E-state index contributed by atoms with van der Waals surface area (Å²) >= 11 is 0. The van der Waals surface area contributed by atoms with E-state index in [1.807, 2.05) is 36.4 Å². The molecular formula is C18H29O3P. The molecule has 0 fully saturated rings. The highest BCUT2D eigenvalue weighted by atomic mass is 31.2. The Balaban J connectivity index is 2.59. The number of hydrogen-bond donors (Lipinski definition) is 0. The van der Waals surface area contributed by atoms with Crippen molar-refractivity contribution >= 4 is 13.7 Å². The Kier molecular flexibility index (Phi) is 10.1. The zero-order chi connectivity index (χ0) is 16.1. The molecule has 0 atom stereocenters. The molecule has 0 spiro atoms. The lowest BCUT2D eigenvalue weighted by Crippen LogP contribution is -1.98. The second-order valence-electron chi connectivity index (χ2n) is 5.35. The molecule has 124 valence electrons. The summed E-state index contributed by atoms with van der Waals surface area (Å²) in [4.78, 5) is 0. The van der Waals surface area contributed by atoms with Crippen molar-refractivity contribution in [1.82, 2.24) is 0 Å². The van der Waals surface area contributed by atoms with Gasteiger partial charge in [-0.3, -0.25) is 4.57 Å². The van der Waals surface area contributed by atoms with Gasteiger partial charge in [0.2, 0.25) is 0 Å². The van der Waals surface area contributed by atoms with E-state index in [4.69, 9.17) is 9.05 Å². The summed E-state index contributed by atoms with van der Waals surface area (Å²) in [6.45, 7) is 5.24. The minimum absolute atomic E-state index is 0.484. The molecule has 0 radical (unpaired) electrons. The van der Waals surface area contributed by atoms with Crippen molar-refractivity contribution in [1.29, 1.82) is 0 Å². The van der Waals surface area contributed by atoms with Crippen molar-refractivity contribution in [3.8, 4) is 0 Å². The number of benzene rings is 1. The topological polar surface area (TPSA) is 35.5 Å². The molecule has 1 aromatic rings. The molecule has 0 N–H and O–H groups in total. The minimum Gasteiger partial charge on any atom is -0.306 e.